The molecule has 1 N–H and O–H groups in total. The number of rotatable bonds is 9. The van der Waals surface area contributed by atoms with E-state index in [1.807, 2.05) is 36.4 Å². The molecule has 182 valence electrons. The molecular weight excluding hydrogens is 438 g/mol. The molecule has 1 saturated heterocycles. The van der Waals surface area contributed by atoms with Crippen LogP contribution in [0.1, 0.15) is 12.0 Å². The fourth-order valence-electron chi connectivity index (χ4n) is 4.33. The van der Waals surface area contributed by atoms with E-state index in [-0.39, 0.29) is 18.6 Å². The van der Waals surface area contributed by atoms with Crippen molar-refractivity contribution in [2.24, 2.45) is 0 Å². The molecule has 0 radical (unpaired) electrons. The predicted molar refractivity (Wildman–Crippen MR) is 127 cm³/mol. The summed E-state index contributed by atoms with van der Waals surface area (Å²) in [5.41, 5.74) is 1.86. The number of carbonyl (C=O) groups is 2. The smallest absolute Gasteiger partial charge is 0.407 e. The lowest BCUT2D eigenvalue weighted by Gasteiger charge is -2.40. The van der Waals surface area contributed by atoms with Crippen molar-refractivity contribution in [3.05, 3.63) is 54.1 Å². The third-order valence-corrected chi connectivity index (χ3v) is 6.15. The summed E-state index contributed by atoms with van der Waals surface area (Å²) in [6.45, 7) is 3.64. The van der Waals surface area contributed by atoms with E-state index in [1.54, 1.807) is 12.0 Å². The summed E-state index contributed by atoms with van der Waals surface area (Å²) in [5.74, 6) is 1.16. The van der Waals surface area contributed by atoms with Gasteiger partial charge >= 0.3 is 6.09 Å². The average molecular weight is 470 g/mol. The lowest BCUT2D eigenvalue weighted by Crippen LogP contribution is -2.56. The van der Waals surface area contributed by atoms with Crippen molar-refractivity contribution in [1.29, 1.82) is 0 Å². The van der Waals surface area contributed by atoms with Crippen LogP contribution < -0.4 is 14.4 Å². The van der Waals surface area contributed by atoms with Crippen LogP contribution in [-0.2, 0) is 16.1 Å². The second-order valence-corrected chi connectivity index (χ2v) is 8.46. The van der Waals surface area contributed by atoms with Crippen LogP contribution in [0.25, 0.3) is 0 Å². The zero-order valence-corrected chi connectivity index (χ0v) is 19.4. The highest BCUT2D eigenvalue weighted by molar-refractivity contribution is 5.98. The molecule has 9 heteroatoms. The Morgan fingerprint density at radius 1 is 1.18 bits per heavy atom. The van der Waals surface area contributed by atoms with Gasteiger partial charge in [-0.15, -0.1) is 0 Å². The van der Waals surface area contributed by atoms with Crippen molar-refractivity contribution in [3.8, 4) is 11.5 Å². The zero-order valence-electron chi connectivity index (χ0n) is 19.4. The van der Waals surface area contributed by atoms with Crippen LogP contribution in [-0.4, -0.2) is 86.1 Å². The van der Waals surface area contributed by atoms with Gasteiger partial charge in [0.1, 0.15) is 18.1 Å². The molecule has 4 rings (SSSR count). The first-order valence-corrected chi connectivity index (χ1v) is 11.5. The molecule has 0 aromatic heterocycles. The molecule has 1 fully saturated rings. The number of hydrogen-bond acceptors (Lipinski definition) is 6. The number of carbonyl (C=O) groups excluding carboxylic acids is 1. The monoisotopic (exact) mass is 469 g/mol. The van der Waals surface area contributed by atoms with Gasteiger partial charge in [-0.05, 0) is 24.1 Å². The van der Waals surface area contributed by atoms with E-state index in [1.165, 1.54) is 10.5 Å². The summed E-state index contributed by atoms with van der Waals surface area (Å²) in [4.78, 5) is 29.4. The zero-order chi connectivity index (χ0) is 23.9. The first-order chi connectivity index (χ1) is 16.5. The quantitative estimate of drug-likeness (QED) is 0.565. The molecule has 1 atom stereocenters. The van der Waals surface area contributed by atoms with Crippen LogP contribution in [0.3, 0.4) is 0 Å². The Bertz CT molecular complexity index is 986. The Balaban J connectivity index is 1.46. The highest BCUT2D eigenvalue weighted by Gasteiger charge is 2.30. The number of ether oxygens (including phenoxy) is 3. The number of methoxy groups -OCH3 is 1. The Morgan fingerprint density at radius 2 is 2.00 bits per heavy atom. The Kier molecular flexibility index (Phi) is 7.87. The van der Waals surface area contributed by atoms with Crippen molar-refractivity contribution in [1.82, 2.24) is 9.80 Å². The van der Waals surface area contributed by atoms with Crippen molar-refractivity contribution in [2.75, 3.05) is 58.0 Å². The van der Waals surface area contributed by atoms with E-state index < -0.39 is 6.09 Å². The number of anilines is 1. The second-order valence-electron chi connectivity index (χ2n) is 8.46. The van der Waals surface area contributed by atoms with Crippen LogP contribution in [0.2, 0.25) is 0 Å². The van der Waals surface area contributed by atoms with Gasteiger partial charge in [0.15, 0.2) is 6.61 Å². The molecule has 1 unspecified atom stereocenters. The maximum Gasteiger partial charge on any atom is 0.407 e. The van der Waals surface area contributed by atoms with Crippen LogP contribution in [0.15, 0.2) is 48.5 Å². The largest absolute Gasteiger partial charge is 0.492 e. The Hall–Kier alpha value is -3.30. The fraction of sp³-hybridized carbons (Fsp3) is 0.440. The van der Waals surface area contributed by atoms with Crippen LogP contribution in [0, 0.1) is 0 Å². The lowest BCUT2D eigenvalue weighted by molar-refractivity contribution is -0.121. The molecule has 0 bridgehead atoms. The molecule has 2 aliphatic heterocycles. The highest BCUT2D eigenvalue weighted by atomic mass is 16.5. The minimum atomic E-state index is -0.916. The molecule has 0 saturated carbocycles. The summed E-state index contributed by atoms with van der Waals surface area (Å²) in [5, 5.41) is 9.50. The van der Waals surface area contributed by atoms with E-state index in [2.05, 4.69) is 17.0 Å². The molecular formula is C25H31N3O6. The summed E-state index contributed by atoms with van der Waals surface area (Å²) < 4.78 is 16.8. The van der Waals surface area contributed by atoms with Crippen LogP contribution in [0.4, 0.5) is 10.5 Å². The predicted octanol–water partition coefficient (Wildman–Crippen LogP) is 2.69. The van der Waals surface area contributed by atoms with E-state index >= 15 is 0 Å². The molecule has 2 heterocycles. The topological polar surface area (TPSA) is 91.8 Å². The third kappa shape index (κ3) is 5.78. The average Bonchev–Trinajstić information content (AvgIpc) is 2.85. The van der Waals surface area contributed by atoms with Crippen molar-refractivity contribution < 1.29 is 28.9 Å². The molecule has 2 amide bonds. The summed E-state index contributed by atoms with van der Waals surface area (Å²) in [7, 11) is 1.64. The maximum absolute atomic E-state index is 12.4. The summed E-state index contributed by atoms with van der Waals surface area (Å²) in [6, 6.07) is 15.5. The SMILES string of the molecule is COCCCN1C(=O)COc2ccc(OCC3CN(C(=O)O)CCN3Cc3ccccc3)cc21. The third-order valence-electron chi connectivity index (χ3n) is 6.15. The van der Waals surface area contributed by atoms with Gasteiger partial charge in [0.25, 0.3) is 5.91 Å². The van der Waals surface area contributed by atoms with E-state index in [0.29, 0.717) is 63.0 Å². The Labute approximate surface area is 199 Å². The molecule has 2 aliphatic rings. The van der Waals surface area contributed by atoms with Gasteiger partial charge < -0.3 is 29.1 Å². The van der Waals surface area contributed by atoms with E-state index in [4.69, 9.17) is 14.2 Å². The maximum atomic E-state index is 12.4. The van der Waals surface area contributed by atoms with Gasteiger partial charge in [0, 0.05) is 52.5 Å². The van der Waals surface area contributed by atoms with Crippen molar-refractivity contribution in [3.63, 3.8) is 0 Å². The lowest BCUT2D eigenvalue weighted by atomic mass is 10.1. The van der Waals surface area contributed by atoms with Gasteiger partial charge in [-0.1, -0.05) is 30.3 Å². The number of fused-ring (bicyclic) bond motifs is 1. The minimum Gasteiger partial charge on any atom is -0.492 e. The van der Waals surface area contributed by atoms with Crippen molar-refractivity contribution in [2.45, 2.75) is 19.0 Å². The first kappa shape index (κ1) is 23.8. The number of hydrogen-bond donors (Lipinski definition) is 1. The number of piperazine rings is 1. The molecule has 0 aliphatic carbocycles. The molecule has 0 spiro atoms. The van der Waals surface area contributed by atoms with Gasteiger partial charge in [0.2, 0.25) is 0 Å². The van der Waals surface area contributed by atoms with Crippen molar-refractivity contribution >= 4 is 17.7 Å². The van der Waals surface area contributed by atoms with Gasteiger partial charge in [-0.2, -0.15) is 0 Å². The number of benzene rings is 2. The second kappa shape index (κ2) is 11.2. The molecule has 2 aromatic carbocycles. The molecule has 2 aromatic rings. The van der Waals surface area contributed by atoms with Crippen LogP contribution >= 0.6 is 0 Å². The van der Waals surface area contributed by atoms with Crippen LogP contribution in [0.5, 0.6) is 11.5 Å². The van der Waals surface area contributed by atoms with Gasteiger partial charge in [0.05, 0.1) is 11.7 Å². The normalized spacial score (nSPS) is 18.4. The number of amides is 2. The summed E-state index contributed by atoms with van der Waals surface area (Å²) in [6.07, 6.45) is -0.200. The number of carboxylic acid groups (broad SMARTS) is 1. The molecule has 34 heavy (non-hydrogen) atoms. The van der Waals surface area contributed by atoms with Gasteiger partial charge in [-0.25, -0.2) is 4.79 Å². The Morgan fingerprint density at radius 3 is 2.76 bits per heavy atom. The number of nitrogens with zero attached hydrogens (tertiary/aromatic N) is 3. The standard InChI is InChI=1S/C25H31N3O6/c1-32-13-5-10-28-22-14-21(8-9-23(22)34-18-24(28)29)33-17-20-16-27(25(30)31)12-11-26(20)15-19-6-3-2-4-7-19/h2-4,6-9,14,20H,5,10-13,15-18H2,1H3,(H,30,31). The first-order valence-electron chi connectivity index (χ1n) is 11.5. The van der Waals surface area contributed by atoms with E-state index in [9.17, 15) is 14.7 Å². The molecule has 9 nitrogen and oxygen atoms in total. The van der Waals surface area contributed by atoms with E-state index in [0.717, 1.165) is 6.54 Å². The fourth-order valence-corrected chi connectivity index (χ4v) is 4.33. The summed E-state index contributed by atoms with van der Waals surface area (Å²) >= 11 is 0. The highest BCUT2D eigenvalue weighted by Crippen LogP contribution is 2.35. The van der Waals surface area contributed by atoms with Gasteiger partial charge in [-0.3, -0.25) is 9.69 Å². The minimum absolute atomic E-state index is 0.0156.